The monoisotopic (exact) mass is 286 g/mol. The summed E-state index contributed by atoms with van der Waals surface area (Å²) in [5.41, 5.74) is 2.22. The van der Waals surface area contributed by atoms with Gasteiger partial charge in [-0.25, -0.2) is 0 Å². The van der Waals surface area contributed by atoms with Crippen LogP contribution in [-0.2, 0) is 6.54 Å². The molecule has 0 bridgehead atoms. The van der Waals surface area contributed by atoms with Crippen LogP contribution in [0.4, 0.5) is 18.9 Å². The Morgan fingerprint density at radius 3 is 2.45 bits per heavy atom. The Labute approximate surface area is 118 Å². The number of para-hydroxylation sites is 1. The van der Waals surface area contributed by atoms with Gasteiger partial charge >= 0.3 is 6.18 Å². The lowest BCUT2D eigenvalue weighted by Crippen LogP contribution is -2.39. The zero-order chi connectivity index (χ0) is 14.6. The summed E-state index contributed by atoms with van der Waals surface area (Å²) in [5.74, 6) is -1.14. The van der Waals surface area contributed by atoms with Crippen molar-refractivity contribution in [3.63, 3.8) is 0 Å². The number of nitrogens with zero attached hydrogens (tertiary/aromatic N) is 1. The molecule has 112 valence electrons. The zero-order valence-electron chi connectivity index (χ0n) is 11.7. The number of hydrogen-bond acceptors (Lipinski definition) is 2. The van der Waals surface area contributed by atoms with Gasteiger partial charge in [0.2, 0.25) is 0 Å². The Morgan fingerprint density at radius 1 is 1.20 bits per heavy atom. The van der Waals surface area contributed by atoms with Gasteiger partial charge in [0.25, 0.3) is 0 Å². The first-order chi connectivity index (χ1) is 9.52. The molecule has 0 unspecified atom stereocenters. The Hall–Kier alpha value is -1.23. The van der Waals surface area contributed by atoms with Crippen LogP contribution in [0.1, 0.15) is 25.3 Å². The molecule has 1 aliphatic heterocycles. The molecule has 2 nitrogen and oxygen atoms in total. The Morgan fingerprint density at radius 2 is 1.85 bits per heavy atom. The average Bonchev–Trinajstić information content (AvgIpc) is 2.45. The molecule has 5 heteroatoms. The second kappa shape index (κ2) is 6.48. The summed E-state index contributed by atoms with van der Waals surface area (Å²) in [6.07, 6.45) is -3.66. The van der Waals surface area contributed by atoms with E-state index in [0.717, 1.165) is 24.3 Å². The molecule has 0 aliphatic carbocycles. The number of halogens is 3. The van der Waals surface area contributed by atoms with Crippen molar-refractivity contribution in [2.75, 3.05) is 24.5 Å². The van der Waals surface area contributed by atoms with Gasteiger partial charge in [-0.05, 0) is 31.0 Å². The second-order valence-corrected chi connectivity index (χ2v) is 5.21. The summed E-state index contributed by atoms with van der Waals surface area (Å²) in [4.78, 5) is 2.08. The van der Waals surface area contributed by atoms with Gasteiger partial charge in [-0.1, -0.05) is 25.1 Å². The molecule has 1 heterocycles. The molecular formula is C15H21F3N2. The van der Waals surface area contributed by atoms with Crippen LogP contribution < -0.4 is 10.2 Å². The Kier molecular flexibility index (Phi) is 4.91. The minimum Gasteiger partial charge on any atom is -0.371 e. The first-order valence-electron chi connectivity index (χ1n) is 7.12. The summed E-state index contributed by atoms with van der Waals surface area (Å²) in [6.45, 7) is 4.63. The van der Waals surface area contributed by atoms with E-state index in [1.54, 1.807) is 0 Å². The van der Waals surface area contributed by atoms with E-state index in [9.17, 15) is 13.2 Å². The smallest absolute Gasteiger partial charge is 0.371 e. The van der Waals surface area contributed by atoms with Crippen LogP contribution in [0.25, 0.3) is 0 Å². The van der Waals surface area contributed by atoms with Gasteiger partial charge in [0.05, 0.1) is 5.92 Å². The van der Waals surface area contributed by atoms with Crippen LogP contribution in [0.3, 0.4) is 0 Å². The van der Waals surface area contributed by atoms with E-state index in [-0.39, 0.29) is 12.8 Å². The van der Waals surface area contributed by atoms with Gasteiger partial charge in [0.15, 0.2) is 0 Å². The maximum atomic E-state index is 12.7. The summed E-state index contributed by atoms with van der Waals surface area (Å²) < 4.78 is 38.1. The molecular weight excluding hydrogens is 265 g/mol. The normalized spacial score (nSPS) is 17.5. The minimum atomic E-state index is -4.05. The molecule has 1 aromatic carbocycles. The molecule has 1 fully saturated rings. The molecule has 0 amide bonds. The molecule has 1 N–H and O–H groups in total. The Bertz CT molecular complexity index is 423. The molecule has 0 aromatic heterocycles. The summed E-state index contributed by atoms with van der Waals surface area (Å²) in [5, 5.41) is 3.27. The second-order valence-electron chi connectivity index (χ2n) is 5.21. The highest BCUT2D eigenvalue weighted by molar-refractivity contribution is 5.53. The maximum Gasteiger partial charge on any atom is 0.391 e. The number of benzene rings is 1. The number of piperidine rings is 1. The molecule has 0 spiro atoms. The van der Waals surface area contributed by atoms with E-state index in [4.69, 9.17) is 0 Å². The molecule has 0 saturated carbocycles. The van der Waals surface area contributed by atoms with Crippen molar-refractivity contribution in [1.29, 1.82) is 0 Å². The van der Waals surface area contributed by atoms with E-state index in [2.05, 4.69) is 10.2 Å². The van der Waals surface area contributed by atoms with E-state index < -0.39 is 12.1 Å². The Balaban J connectivity index is 2.03. The largest absolute Gasteiger partial charge is 0.391 e. The fraction of sp³-hybridized carbons (Fsp3) is 0.600. The maximum absolute atomic E-state index is 12.7. The lowest BCUT2D eigenvalue weighted by Gasteiger charge is -2.35. The fourth-order valence-corrected chi connectivity index (χ4v) is 2.68. The number of hydrogen-bond donors (Lipinski definition) is 1. The SMILES string of the molecule is CCNCc1ccccc1N1CCC(C(F)(F)F)CC1. The van der Waals surface area contributed by atoms with E-state index in [1.807, 2.05) is 31.2 Å². The van der Waals surface area contributed by atoms with Crippen molar-refractivity contribution in [2.24, 2.45) is 5.92 Å². The molecule has 1 aliphatic rings. The fourth-order valence-electron chi connectivity index (χ4n) is 2.68. The van der Waals surface area contributed by atoms with Crippen molar-refractivity contribution in [2.45, 2.75) is 32.5 Å². The molecule has 20 heavy (non-hydrogen) atoms. The van der Waals surface area contributed by atoms with Gasteiger partial charge < -0.3 is 10.2 Å². The average molecular weight is 286 g/mol. The third kappa shape index (κ3) is 3.66. The molecule has 2 rings (SSSR count). The summed E-state index contributed by atoms with van der Waals surface area (Å²) in [6, 6.07) is 7.95. The number of anilines is 1. The summed E-state index contributed by atoms with van der Waals surface area (Å²) in [7, 11) is 0. The lowest BCUT2D eigenvalue weighted by molar-refractivity contribution is -0.179. The predicted molar refractivity (Wildman–Crippen MR) is 74.8 cm³/mol. The van der Waals surface area contributed by atoms with E-state index >= 15 is 0 Å². The predicted octanol–water partition coefficient (Wildman–Crippen LogP) is 3.57. The third-order valence-corrected chi connectivity index (χ3v) is 3.86. The summed E-state index contributed by atoms with van der Waals surface area (Å²) >= 11 is 0. The van der Waals surface area contributed by atoms with Crippen molar-refractivity contribution in [3.05, 3.63) is 29.8 Å². The highest BCUT2D eigenvalue weighted by atomic mass is 19.4. The molecule has 1 aromatic rings. The zero-order valence-corrected chi connectivity index (χ0v) is 11.7. The number of nitrogens with one attached hydrogen (secondary N) is 1. The van der Waals surface area contributed by atoms with Gasteiger partial charge in [0.1, 0.15) is 0 Å². The highest BCUT2D eigenvalue weighted by Gasteiger charge is 2.41. The highest BCUT2D eigenvalue weighted by Crippen LogP contribution is 2.35. The van der Waals surface area contributed by atoms with E-state index in [0.29, 0.717) is 13.1 Å². The van der Waals surface area contributed by atoms with Crippen molar-refractivity contribution in [1.82, 2.24) is 5.32 Å². The number of rotatable bonds is 4. The molecule has 0 radical (unpaired) electrons. The van der Waals surface area contributed by atoms with Crippen molar-refractivity contribution < 1.29 is 13.2 Å². The van der Waals surface area contributed by atoms with Gasteiger partial charge in [0, 0.05) is 25.3 Å². The van der Waals surface area contributed by atoms with Crippen LogP contribution in [0.5, 0.6) is 0 Å². The van der Waals surface area contributed by atoms with Crippen LogP contribution in [0, 0.1) is 5.92 Å². The first-order valence-corrected chi connectivity index (χ1v) is 7.12. The third-order valence-electron chi connectivity index (χ3n) is 3.86. The van der Waals surface area contributed by atoms with Gasteiger partial charge in [-0.3, -0.25) is 0 Å². The minimum absolute atomic E-state index is 0.193. The standard InChI is InChI=1S/C15H21F3N2/c1-2-19-11-12-5-3-4-6-14(12)20-9-7-13(8-10-20)15(16,17)18/h3-6,13,19H,2,7-11H2,1H3. The van der Waals surface area contributed by atoms with Gasteiger partial charge in [-0.15, -0.1) is 0 Å². The topological polar surface area (TPSA) is 15.3 Å². The first kappa shape index (κ1) is 15.2. The van der Waals surface area contributed by atoms with Crippen LogP contribution in [0.15, 0.2) is 24.3 Å². The van der Waals surface area contributed by atoms with Crippen LogP contribution >= 0.6 is 0 Å². The number of alkyl halides is 3. The molecule has 1 saturated heterocycles. The van der Waals surface area contributed by atoms with Crippen LogP contribution in [-0.4, -0.2) is 25.8 Å². The quantitative estimate of drug-likeness (QED) is 0.910. The van der Waals surface area contributed by atoms with Crippen LogP contribution in [0.2, 0.25) is 0 Å². The van der Waals surface area contributed by atoms with Gasteiger partial charge in [-0.2, -0.15) is 13.2 Å². The van der Waals surface area contributed by atoms with Crippen molar-refractivity contribution in [3.8, 4) is 0 Å². The molecule has 0 atom stereocenters. The van der Waals surface area contributed by atoms with E-state index in [1.165, 1.54) is 0 Å². The lowest BCUT2D eigenvalue weighted by atomic mass is 9.95. The van der Waals surface area contributed by atoms with Crippen molar-refractivity contribution >= 4 is 5.69 Å².